The van der Waals surface area contributed by atoms with Gasteiger partial charge >= 0.3 is 0 Å². The zero-order valence-electron chi connectivity index (χ0n) is 6.68. The van der Waals surface area contributed by atoms with Crippen LogP contribution in [0.5, 0.6) is 0 Å². The second-order valence-electron chi connectivity index (χ2n) is 3.48. The molecule has 0 rings (SSSR count). The molecule has 0 aromatic carbocycles. The summed E-state index contributed by atoms with van der Waals surface area (Å²) in [6.07, 6.45) is 0. The van der Waals surface area contributed by atoms with Crippen molar-refractivity contribution in [2.45, 2.75) is 31.4 Å². The van der Waals surface area contributed by atoms with Gasteiger partial charge in [-0.1, -0.05) is 19.6 Å². The van der Waals surface area contributed by atoms with Gasteiger partial charge in [-0.25, -0.2) is 8.42 Å². The molecule has 5 heteroatoms. The molecule has 62 valence electrons. The molecule has 0 bridgehead atoms. The van der Waals surface area contributed by atoms with Gasteiger partial charge in [-0.2, -0.15) is 0 Å². The Morgan fingerprint density at radius 2 is 1.60 bits per heavy atom. The summed E-state index contributed by atoms with van der Waals surface area (Å²) in [6.45, 7) is 7.63. The van der Waals surface area contributed by atoms with Crippen LogP contribution in [0.2, 0.25) is 19.6 Å². The first kappa shape index (κ1) is 10.5. The van der Waals surface area contributed by atoms with Crippen LogP contribution in [0.15, 0.2) is 0 Å². The topological polar surface area (TPSA) is 34.1 Å². The van der Waals surface area contributed by atoms with Crippen molar-refractivity contribution in [3.63, 3.8) is 0 Å². The quantitative estimate of drug-likeness (QED) is 0.504. The molecule has 0 aliphatic rings. The smallest absolute Gasteiger partial charge is 0.212 e. The van der Waals surface area contributed by atoms with Crippen molar-refractivity contribution in [2.75, 3.05) is 0 Å². The highest BCUT2D eigenvalue weighted by atomic mass is 35.7. The molecule has 0 aliphatic heterocycles. The summed E-state index contributed by atoms with van der Waals surface area (Å²) >= 11 is 0. The summed E-state index contributed by atoms with van der Waals surface area (Å²) in [5, 5.41) is 0. The van der Waals surface area contributed by atoms with E-state index in [1.165, 1.54) is 0 Å². The van der Waals surface area contributed by atoms with Crippen LogP contribution in [-0.4, -0.2) is 21.4 Å². The zero-order chi connectivity index (χ0) is 8.58. The van der Waals surface area contributed by atoms with Crippen LogP contribution in [0.4, 0.5) is 0 Å². The lowest BCUT2D eigenvalue weighted by Gasteiger charge is -2.21. The van der Waals surface area contributed by atoms with Gasteiger partial charge in [0.2, 0.25) is 9.05 Å². The van der Waals surface area contributed by atoms with Gasteiger partial charge < -0.3 is 0 Å². The van der Waals surface area contributed by atoms with E-state index in [1.54, 1.807) is 6.92 Å². The van der Waals surface area contributed by atoms with Crippen molar-refractivity contribution >= 4 is 27.8 Å². The van der Waals surface area contributed by atoms with E-state index >= 15 is 0 Å². The lowest BCUT2D eigenvalue weighted by molar-refractivity contribution is 0.607. The molecule has 0 aromatic heterocycles. The summed E-state index contributed by atoms with van der Waals surface area (Å²) in [4.78, 5) is -0.360. The van der Waals surface area contributed by atoms with E-state index in [9.17, 15) is 8.42 Å². The van der Waals surface area contributed by atoms with Crippen molar-refractivity contribution in [1.82, 2.24) is 0 Å². The molecular formula is C5H13ClO2SSi. The predicted molar refractivity (Wildman–Crippen MR) is 47.6 cm³/mol. The maximum atomic E-state index is 10.8. The Kier molecular flexibility index (Phi) is 2.96. The van der Waals surface area contributed by atoms with Crippen molar-refractivity contribution in [1.29, 1.82) is 0 Å². The standard InChI is InChI=1S/C5H13ClO2SSi/c1-5(9(6,7)8)10(2,3)4/h5H,1-4H3. The Balaban J connectivity index is 4.56. The maximum absolute atomic E-state index is 10.8. The second kappa shape index (κ2) is 2.83. The van der Waals surface area contributed by atoms with E-state index in [0.717, 1.165) is 0 Å². The maximum Gasteiger partial charge on any atom is 0.232 e. The van der Waals surface area contributed by atoms with E-state index in [4.69, 9.17) is 10.7 Å². The fraction of sp³-hybridized carbons (Fsp3) is 1.00. The molecule has 0 saturated heterocycles. The number of halogens is 1. The molecule has 0 amide bonds. The molecule has 1 atom stereocenters. The molecule has 0 heterocycles. The van der Waals surface area contributed by atoms with E-state index < -0.39 is 17.1 Å². The average molecular weight is 201 g/mol. The van der Waals surface area contributed by atoms with E-state index in [-0.39, 0.29) is 4.87 Å². The number of hydrogen-bond acceptors (Lipinski definition) is 2. The van der Waals surface area contributed by atoms with E-state index in [0.29, 0.717) is 0 Å². The van der Waals surface area contributed by atoms with Gasteiger partial charge in [0, 0.05) is 10.7 Å². The molecule has 0 fully saturated rings. The fourth-order valence-corrected chi connectivity index (χ4v) is 6.21. The Hall–Kier alpha value is 0.457. The van der Waals surface area contributed by atoms with Crippen molar-refractivity contribution in [3.05, 3.63) is 0 Å². The van der Waals surface area contributed by atoms with Crippen molar-refractivity contribution in [3.8, 4) is 0 Å². The number of hydrogen-bond donors (Lipinski definition) is 0. The van der Waals surface area contributed by atoms with Gasteiger partial charge in [-0.05, 0) is 6.92 Å². The predicted octanol–water partition coefficient (Wildman–Crippen LogP) is 1.82. The summed E-state index contributed by atoms with van der Waals surface area (Å²) in [7, 11) is 0.233. The molecule has 2 nitrogen and oxygen atoms in total. The molecule has 10 heavy (non-hydrogen) atoms. The normalized spacial score (nSPS) is 16.9. The largest absolute Gasteiger partial charge is 0.232 e. The number of rotatable bonds is 2. The first-order valence-electron chi connectivity index (χ1n) is 3.09. The van der Waals surface area contributed by atoms with Crippen LogP contribution in [0.1, 0.15) is 6.92 Å². The van der Waals surface area contributed by atoms with Crippen LogP contribution in [0.3, 0.4) is 0 Å². The molecular weight excluding hydrogens is 188 g/mol. The third-order valence-electron chi connectivity index (χ3n) is 1.64. The molecule has 1 unspecified atom stereocenters. The monoisotopic (exact) mass is 200 g/mol. The first-order chi connectivity index (χ1) is 4.15. The van der Waals surface area contributed by atoms with Crippen LogP contribution in [0, 0.1) is 0 Å². The Bertz CT molecular complexity index is 204. The van der Waals surface area contributed by atoms with Crippen molar-refractivity contribution < 1.29 is 8.42 Å². The van der Waals surface area contributed by atoms with Crippen LogP contribution >= 0.6 is 10.7 Å². The van der Waals surface area contributed by atoms with E-state index in [2.05, 4.69) is 0 Å². The third-order valence-corrected chi connectivity index (χ3v) is 9.23. The molecule has 0 radical (unpaired) electrons. The van der Waals surface area contributed by atoms with Gasteiger partial charge in [0.05, 0.1) is 12.9 Å². The Labute approximate surface area is 68.0 Å². The Morgan fingerprint density at radius 3 is 1.60 bits per heavy atom. The Morgan fingerprint density at radius 1 is 1.30 bits per heavy atom. The summed E-state index contributed by atoms with van der Waals surface area (Å²) in [5.74, 6) is 0. The van der Waals surface area contributed by atoms with Gasteiger partial charge in [-0.3, -0.25) is 0 Å². The lowest BCUT2D eigenvalue weighted by atomic mass is 11.0. The van der Waals surface area contributed by atoms with Gasteiger partial charge in [0.25, 0.3) is 0 Å². The fourth-order valence-electron chi connectivity index (χ4n) is 0.422. The minimum atomic E-state index is -3.33. The minimum absolute atomic E-state index is 0.360. The molecule has 0 N–H and O–H groups in total. The van der Waals surface area contributed by atoms with Gasteiger partial charge in [0.15, 0.2) is 0 Å². The minimum Gasteiger partial charge on any atom is -0.212 e. The van der Waals surface area contributed by atoms with Gasteiger partial charge in [-0.15, -0.1) is 0 Å². The average Bonchev–Trinajstić information content (AvgIpc) is 1.59. The molecule has 0 aliphatic carbocycles. The highest BCUT2D eigenvalue weighted by Crippen LogP contribution is 2.18. The zero-order valence-corrected chi connectivity index (χ0v) is 9.25. The highest BCUT2D eigenvalue weighted by molar-refractivity contribution is 8.15. The van der Waals surface area contributed by atoms with Crippen LogP contribution in [-0.2, 0) is 9.05 Å². The van der Waals surface area contributed by atoms with Gasteiger partial charge in [0.1, 0.15) is 0 Å². The van der Waals surface area contributed by atoms with Crippen molar-refractivity contribution in [2.24, 2.45) is 0 Å². The lowest BCUT2D eigenvalue weighted by Crippen LogP contribution is -2.39. The molecule has 0 aromatic rings. The SMILES string of the molecule is CC([Si](C)(C)C)S(=O)(=O)Cl. The summed E-state index contributed by atoms with van der Waals surface area (Å²) in [6, 6.07) is 0. The molecule has 0 saturated carbocycles. The second-order valence-corrected chi connectivity index (χ2v) is 12.4. The molecule has 0 spiro atoms. The van der Waals surface area contributed by atoms with E-state index in [1.807, 2.05) is 19.6 Å². The van der Waals surface area contributed by atoms with Crippen LogP contribution < -0.4 is 0 Å². The van der Waals surface area contributed by atoms with Crippen LogP contribution in [0.25, 0.3) is 0 Å². The summed E-state index contributed by atoms with van der Waals surface area (Å²) < 4.78 is 21.6. The highest BCUT2D eigenvalue weighted by Gasteiger charge is 2.31. The first-order valence-corrected chi connectivity index (χ1v) is 9.04. The third kappa shape index (κ3) is 3.03. The summed E-state index contributed by atoms with van der Waals surface area (Å²) in [5.41, 5.74) is 0.